The van der Waals surface area contributed by atoms with Gasteiger partial charge in [-0.3, -0.25) is 4.79 Å². The number of anilines is 1. The van der Waals surface area contributed by atoms with Gasteiger partial charge in [-0.25, -0.2) is 4.39 Å². The first-order valence-corrected chi connectivity index (χ1v) is 5.53. The predicted octanol–water partition coefficient (Wildman–Crippen LogP) is 3.76. The summed E-state index contributed by atoms with van der Waals surface area (Å²) in [6, 6.07) is 3.81. The number of carbonyl (C=O) groups excluding carboxylic acids is 1. The zero-order valence-corrected chi connectivity index (χ0v) is 10.1. The van der Waals surface area contributed by atoms with E-state index < -0.39 is 31.4 Å². The number of nitrogens with one attached hydrogen (secondary N) is 1. The molecule has 1 N–H and O–H groups in total. The highest BCUT2D eigenvalue weighted by molar-refractivity contribution is 9.10. The van der Waals surface area contributed by atoms with Gasteiger partial charge in [0, 0.05) is 10.9 Å². The maximum atomic E-state index is 13.2. The van der Waals surface area contributed by atoms with Crippen LogP contribution in [-0.2, 0) is 4.79 Å². The van der Waals surface area contributed by atoms with E-state index in [-0.39, 0.29) is 5.69 Å². The quantitative estimate of drug-likeness (QED) is 0.665. The van der Waals surface area contributed by atoms with Gasteiger partial charge in [0.05, 0.1) is 5.69 Å². The van der Waals surface area contributed by atoms with Crippen LogP contribution in [0.2, 0.25) is 6.32 Å². The third kappa shape index (κ3) is 5.21. The van der Waals surface area contributed by atoms with Crippen molar-refractivity contribution in [3.05, 3.63) is 28.5 Å². The summed E-state index contributed by atoms with van der Waals surface area (Å²) < 4.78 is 49.4. The average molecular weight is 313 g/mol. The van der Waals surface area contributed by atoms with Gasteiger partial charge < -0.3 is 18.3 Å². The standard InChI is InChI=1S/C9H8BBrF4NO/c11-6-1-2-7(12)8(5-6)16-9(17)3-4-10(13,14)15/h1-2,5H,3-4H2,(H,16,17)/q-1. The SMILES string of the molecule is O=C(CC[B-](F)(F)F)Nc1cc(Br)ccc1F. The highest BCUT2D eigenvalue weighted by atomic mass is 79.9. The van der Waals surface area contributed by atoms with Crippen molar-refractivity contribution < 1.29 is 22.1 Å². The van der Waals surface area contributed by atoms with Gasteiger partial charge in [-0.1, -0.05) is 22.3 Å². The first kappa shape index (κ1) is 14.0. The molecule has 0 unspecified atom stereocenters. The lowest BCUT2D eigenvalue weighted by atomic mass is 9.84. The molecule has 17 heavy (non-hydrogen) atoms. The Morgan fingerprint density at radius 1 is 1.35 bits per heavy atom. The summed E-state index contributed by atoms with van der Waals surface area (Å²) in [6.07, 6.45) is -1.86. The van der Waals surface area contributed by atoms with Gasteiger partial charge in [-0.05, 0) is 18.2 Å². The van der Waals surface area contributed by atoms with E-state index in [0.717, 1.165) is 6.07 Å². The Morgan fingerprint density at radius 3 is 2.59 bits per heavy atom. The molecule has 0 spiro atoms. The molecule has 0 bridgehead atoms. The van der Waals surface area contributed by atoms with Crippen molar-refractivity contribution in [2.75, 3.05) is 5.32 Å². The summed E-state index contributed by atoms with van der Waals surface area (Å²) in [5.41, 5.74) is -0.140. The number of halogens is 5. The number of rotatable bonds is 4. The van der Waals surface area contributed by atoms with Crippen LogP contribution >= 0.6 is 15.9 Å². The Bertz CT molecular complexity index is 424. The van der Waals surface area contributed by atoms with Crippen molar-refractivity contribution >= 4 is 34.5 Å². The van der Waals surface area contributed by atoms with Crippen LogP contribution in [0.5, 0.6) is 0 Å². The minimum Gasteiger partial charge on any atom is -0.449 e. The fraction of sp³-hybridized carbons (Fsp3) is 0.222. The molecular weight excluding hydrogens is 305 g/mol. The molecule has 0 aliphatic heterocycles. The summed E-state index contributed by atoms with van der Waals surface area (Å²) in [5, 5.41) is 2.09. The second kappa shape index (κ2) is 5.53. The normalized spacial score (nSPS) is 11.4. The maximum Gasteiger partial charge on any atom is 0.478 e. The van der Waals surface area contributed by atoms with E-state index in [1.54, 1.807) is 0 Å². The van der Waals surface area contributed by atoms with Gasteiger partial charge in [-0.2, -0.15) is 0 Å². The average Bonchev–Trinajstić information content (AvgIpc) is 2.20. The molecule has 1 aromatic carbocycles. The van der Waals surface area contributed by atoms with E-state index in [1.165, 1.54) is 12.1 Å². The third-order valence-electron chi connectivity index (χ3n) is 1.90. The molecule has 0 aliphatic rings. The largest absolute Gasteiger partial charge is 0.478 e. The second-order valence-corrected chi connectivity index (χ2v) is 4.34. The Kier molecular flexibility index (Phi) is 4.56. The molecule has 0 saturated carbocycles. The molecule has 0 heterocycles. The minimum absolute atomic E-state index is 0.140. The smallest absolute Gasteiger partial charge is 0.449 e. The van der Waals surface area contributed by atoms with Gasteiger partial charge in [-0.15, -0.1) is 0 Å². The van der Waals surface area contributed by atoms with Crippen LogP contribution in [-0.4, -0.2) is 12.9 Å². The van der Waals surface area contributed by atoms with Gasteiger partial charge in [0.15, 0.2) is 0 Å². The molecule has 0 radical (unpaired) electrons. The predicted molar refractivity (Wildman–Crippen MR) is 61.2 cm³/mol. The van der Waals surface area contributed by atoms with E-state index >= 15 is 0 Å². The van der Waals surface area contributed by atoms with Gasteiger partial charge >= 0.3 is 6.98 Å². The molecule has 8 heteroatoms. The van der Waals surface area contributed by atoms with Gasteiger partial charge in [0.2, 0.25) is 5.91 Å². The third-order valence-corrected chi connectivity index (χ3v) is 2.39. The molecule has 1 amide bonds. The van der Waals surface area contributed by atoms with Crippen LogP contribution in [0.1, 0.15) is 6.42 Å². The van der Waals surface area contributed by atoms with Crippen molar-refractivity contribution in [3.63, 3.8) is 0 Å². The highest BCUT2D eigenvalue weighted by Gasteiger charge is 2.23. The lowest BCUT2D eigenvalue weighted by Crippen LogP contribution is -2.20. The highest BCUT2D eigenvalue weighted by Crippen LogP contribution is 2.21. The molecule has 1 aromatic rings. The molecular formula is C9H8BBrF4NO-. The van der Waals surface area contributed by atoms with Crippen LogP contribution in [0.3, 0.4) is 0 Å². The first-order valence-electron chi connectivity index (χ1n) is 4.74. The Hall–Kier alpha value is -1.05. The van der Waals surface area contributed by atoms with E-state index in [1.807, 2.05) is 0 Å². The zero-order valence-electron chi connectivity index (χ0n) is 8.52. The van der Waals surface area contributed by atoms with Crippen molar-refractivity contribution in [2.45, 2.75) is 12.7 Å². The molecule has 0 saturated heterocycles. The first-order chi connectivity index (χ1) is 7.78. The zero-order chi connectivity index (χ0) is 13.1. The van der Waals surface area contributed by atoms with Gasteiger partial charge in [0.25, 0.3) is 0 Å². The monoisotopic (exact) mass is 312 g/mol. The second-order valence-electron chi connectivity index (χ2n) is 3.42. The van der Waals surface area contributed by atoms with Crippen LogP contribution in [0.15, 0.2) is 22.7 Å². The Labute approximate surface area is 104 Å². The summed E-state index contributed by atoms with van der Waals surface area (Å²) in [7, 11) is 0. The summed E-state index contributed by atoms with van der Waals surface area (Å²) in [5.74, 6) is -1.56. The van der Waals surface area contributed by atoms with E-state index in [4.69, 9.17) is 0 Å². The lowest BCUT2D eigenvalue weighted by molar-refractivity contribution is -0.116. The molecule has 1 rings (SSSR count). The topological polar surface area (TPSA) is 29.1 Å². The lowest BCUT2D eigenvalue weighted by Gasteiger charge is -2.13. The van der Waals surface area contributed by atoms with Crippen LogP contribution in [0.4, 0.5) is 23.0 Å². The fourth-order valence-electron chi connectivity index (χ4n) is 1.10. The minimum atomic E-state index is -4.99. The van der Waals surface area contributed by atoms with E-state index in [0.29, 0.717) is 4.47 Å². The van der Waals surface area contributed by atoms with Crippen molar-refractivity contribution in [3.8, 4) is 0 Å². The number of amides is 1. The Morgan fingerprint density at radius 2 is 2.00 bits per heavy atom. The van der Waals surface area contributed by atoms with Gasteiger partial charge in [0.1, 0.15) is 5.82 Å². The number of hydrogen-bond acceptors (Lipinski definition) is 1. The summed E-state index contributed by atoms with van der Waals surface area (Å²) in [6.45, 7) is -4.99. The van der Waals surface area contributed by atoms with Crippen LogP contribution in [0, 0.1) is 5.82 Å². The summed E-state index contributed by atoms with van der Waals surface area (Å²) >= 11 is 3.06. The molecule has 0 aliphatic carbocycles. The van der Waals surface area contributed by atoms with Crippen molar-refractivity contribution in [2.24, 2.45) is 0 Å². The molecule has 0 atom stereocenters. The van der Waals surface area contributed by atoms with Crippen LogP contribution < -0.4 is 5.32 Å². The number of benzene rings is 1. The van der Waals surface area contributed by atoms with Crippen molar-refractivity contribution in [1.82, 2.24) is 0 Å². The fourth-order valence-corrected chi connectivity index (χ4v) is 1.46. The maximum absolute atomic E-state index is 13.2. The molecule has 0 fully saturated rings. The molecule has 0 aromatic heterocycles. The van der Waals surface area contributed by atoms with Crippen molar-refractivity contribution in [1.29, 1.82) is 0 Å². The van der Waals surface area contributed by atoms with E-state index in [9.17, 15) is 22.1 Å². The molecule has 2 nitrogen and oxygen atoms in total. The number of carbonyl (C=O) groups is 1. The summed E-state index contributed by atoms with van der Waals surface area (Å²) in [4.78, 5) is 11.1. The Balaban J connectivity index is 2.59. The molecule has 94 valence electrons. The van der Waals surface area contributed by atoms with Crippen LogP contribution in [0.25, 0.3) is 0 Å². The number of hydrogen-bond donors (Lipinski definition) is 1. The van der Waals surface area contributed by atoms with E-state index in [2.05, 4.69) is 21.2 Å².